The molecule has 1 aromatic heterocycles. The molecule has 0 radical (unpaired) electrons. The summed E-state index contributed by atoms with van der Waals surface area (Å²) in [6.45, 7) is 4.70. The van der Waals surface area contributed by atoms with Crippen molar-refractivity contribution < 1.29 is 0 Å². The third-order valence-electron chi connectivity index (χ3n) is 8.70. The van der Waals surface area contributed by atoms with Crippen LogP contribution in [0.2, 0.25) is 0 Å². The van der Waals surface area contributed by atoms with Crippen molar-refractivity contribution in [1.29, 1.82) is 0 Å². The van der Waals surface area contributed by atoms with Crippen molar-refractivity contribution in [2.24, 2.45) is 0 Å². The fourth-order valence-electron chi connectivity index (χ4n) is 6.71. The molecule has 0 bridgehead atoms. The number of fused-ring (bicyclic) bond motifs is 5. The molecule has 204 valence electrons. The average Bonchev–Trinajstić information content (AvgIpc) is 3.31. The van der Waals surface area contributed by atoms with Gasteiger partial charge in [-0.3, -0.25) is 0 Å². The molecule has 6 aromatic carbocycles. The van der Waals surface area contributed by atoms with Crippen molar-refractivity contribution in [2.45, 2.75) is 19.3 Å². The first-order chi connectivity index (χ1) is 21.1. The SMILES string of the molecule is CC1(C)c2ccccc2-c2cc(-c3nc(-c4ccccc4)nc(-c4ccccc4)n3)c3cccc(-c4ccccc4)c3c21. The van der Waals surface area contributed by atoms with Crippen LogP contribution >= 0.6 is 0 Å². The van der Waals surface area contributed by atoms with Crippen LogP contribution in [0.1, 0.15) is 25.0 Å². The van der Waals surface area contributed by atoms with Gasteiger partial charge in [0.1, 0.15) is 0 Å². The van der Waals surface area contributed by atoms with E-state index >= 15 is 0 Å². The summed E-state index contributed by atoms with van der Waals surface area (Å²) in [7, 11) is 0. The second kappa shape index (κ2) is 9.85. The van der Waals surface area contributed by atoms with E-state index < -0.39 is 0 Å². The Hall–Kier alpha value is -5.41. The maximum absolute atomic E-state index is 5.15. The Bertz CT molecular complexity index is 2080. The van der Waals surface area contributed by atoms with Crippen molar-refractivity contribution >= 4 is 10.8 Å². The van der Waals surface area contributed by atoms with Crippen molar-refractivity contribution in [2.75, 3.05) is 0 Å². The summed E-state index contributed by atoms with van der Waals surface area (Å²) >= 11 is 0. The molecule has 7 aromatic rings. The summed E-state index contributed by atoms with van der Waals surface area (Å²) in [4.78, 5) is 15.2. The van der Waals surface area contributed by atoms with E-state index in [4.69, 9.17) is 15.0 Å². The monoisotopic (exact) mass is 551 g/mol. The Morgan fingerprint density at radius 3 is 1.56 bits per heavy atom. The quantitative estimate of drug-likeness (QED) is 0.218. The Morgan fingerprint density at radius 1 is 0.419 bits per heavy atom. The molecule has 1 heterocycles. The lowest BCUT2D eigenvalue weighted by Crippen LogP contribution is -2.16. The minimum Gasteiger partial charge on any atom is -0.208 e. The first-order valence-electron chi connectivity index (χ1n) is 14.7. The first kappa shape index (κ1) is 25.3. The van der Waals surface area contributed by atoms with E-state index in [1.54, 1.807) is 0 Å². The number of rotatable bonds is 4. The van der Waals surface area contributed by atoms with Crippen molar-refractivity contribution in [3.8, 4) is 56.4 Å². The predicted octanol–water partition coefficient (Wildman–Crippen LogP) is 10.00. The zero-order valence-electron chi connectivity index (χ0n) is 24.1. The molecule has 3 heteroatoms. The number of nitrogens with zero attached hydrogens (tertiary/aromatic N) is 3. The standard InChI is InChI=1S/C40H29N3/c1-40(2)34-24-13-12-21-30(34)32-25-33(31-23-14-22-29(35(31)36(32)40)26-15-6-3-7-16-26)39-42-37(27-17-8-4-9-18-27)41-38(43-39)28-19-10-5-11-20-28/h3-25H,1-2H3. The summed E-state index contributed by atoms with van der Waals surface area (Å²) in [5.74, 6) is 2.00. The topological polar surface area (TPSA) is 38.7 Å². The molecule has 0 fully saturated rings. The molecule has 1 aliphatic rings. The fraction of sp³-hybridized carbons (Fsp3) is 0.0750. The van der Waals surface area contributed by atoms with E-state index in [1.807, 2.05) is 36.4 Å². The molecule has 0 N–H and O–H groups in total. The van der Waals surface area contributed by atoms with Crippen molar-refractivity contribution in [3.05, 3.63) is 151 Å². The summed E-state index contributed by atoms with van der Waals surface area (Å²) in [5, 5.41) is 2.40. The zero-order valence-corrected chi connectivity index (χ0v) is 24.1. The second-order valence-corrected chi connectivity index (χ2v) is 11.6. The van der Waals surface area contributed by atoms with Crippen LogP contribution in [-0.4, -0.2) is 15.0 Å². The maximum Gasteiger partial charge on any atom is 0.164 e. The maximum atomic E-state index is 5.15. The molecule has 43 heavy (non-hydrogen) atoms. The van der Waals surface area contributed by atoms with E-state index in [-0.39, 0.29) is 5.41 Å². The fourth-order valence-corrected chi connectivity index (χ4v) is 6.71. The number of benzene rings is 6. The molecule has 0 spiro atoms. The molecule has 0 unspecified atom stereocenters. The van der Waals surface area contributed by atoms with Gasteiger partial charge in [-0.2, -0.15) is 0 Å². The van der Waals surface area contributed by atoms with Gasteiger partial charge in [-0.25, -0.2) is 15.0 Å². The van der Waals surface area contributed by atoms with Gasteiger partial charge >= 0.3 is 0 Å². The van der Waals surface area contributed by atoms with Crippen LogP contribution in [0.25, 0.3) is 67.2 Å². The molecular weight excluding hydrogens is 522 g/mol. The van der Waals surface area contributed by atoms with Crippen LogP contribution in [0, 0.1) is 0 Å². The van der Waals surface area contributed by atoms with Gasteiger partial charge < -0.3 is 0 Å². The molecule has 0 atom stereocenters. The highest BCUT2D eigenvalue weighted by atomic mass is 15.0. The first-order valence-corrected chi connectivity index (χ1v) is 14.7. The van der Waals surface area contributed by atoms with Crippen LogP contribution in [0.5, 0.6) is 0 Å². The minimum atomic E-state index is -0.170. The van der Waals surface area contributed by atoms with Crippen molar-refractivity contribution in [3.63, 3.8) is 0 Å². The third-order valence-corrected chi connectivity index (χ3v) is 8.70. The highest BCUT2D eigenvalue weighted by Gasteiger charge is 2.38. The lowest BCUT2D eigenvalue weighted by atomic mass is 9.78. The van der Waals surface area contributed by atoms with Gasteiger partial charge in [-0.05, 0) is 50.2 Å². The van der Waals surface area contributed by atoms with Gasteiger partial charge in [0, 0.05) is 22.1 Å². The third kappa shape index (κ3) is 4.08. The molecule has 0 saturated heterocycles. The smallest absolute Gasteiger partial charge is 0.164 e. The largest absolute Gasteiger partial charge is 0.208 e. The Morgan fingerprint density at radius 2 is 0.930 bits per heavy atom. The molecule has 3 nitrogen and oxygen atoms in total. The molecule has 8 rings (SSSR count). The molecule has 0 aliphatic heterocycles. The van der Waals surface area contributed by atoms with E-state index in [2.05, 4.69) is 117 Å². The predicted molar refractivity (Wildman–Crippen MR) is 177 cm³/mol. The van der Waals surface area contributed by atoms with E-state index in [9.17, 15) is 0 Å². The Kier molecular flexibility index (Phi) is 5.80. The van der Waals surface area contributed by atoms with Gasteiger partial charge in [0.15, 0.2) is 17.5 Å². The highest BCUT2D eigenvalue weighted by Crippen LogP contribution is 2.54. The van der Waals surface area contributed by atoms with E-state index in [0.29, 0.717) is 17.5 Å². The normalized spacial score (nSPS) is 13.1. The van der Waals surface area contributed by atoms with Crippen LogP contribution in [-0.2, 0) is 5.41 Å². The summed E-state index contributed by atoms with van der Waals surface area (Å²) in [6.07, 6.45) is 0. The molecule has 1 aliphatic carbocycles. The number of hydrogen-bond donors (Lipinski definition) is 0. The van der Waals surface area contributed by atoms with Crippen LogP contribution in [0.3, 0.4) is 0 Å². The number of aromatic nitrogens is 3. The second-order valence-electron chi connectivity index (χ2n) is 11.6. The zero-order chi connectivity index (χ0) is 29.0. The molecule has 0 saturated carbocycles. The lowest BCUT2D eigenvalue weighted by molar-refractivity contribution is 0.666. The van der Waals surface area contributed by atoms with E-state index in [0.717, 1.165) is 22.1 Å². The van der Waals surface area contributed by atoms with Gasteiger partial charge in [-0.15, -0.1) is 0 Å². The minimum absolute atomic E-state index is 0.170. The summed E-state index contributed by atoms with van der Waals surface area (Å²) in [5.41, 5.74) is 10.4. The highest BCUT2D eigenvalue weighted by molar-refractivity contribution is 6.11. The van der Waals surface area contributed by atoms with Gasteiger partial charge in [0.05, 0.1) is 0 Å². The van der Waals surface area contributed by atoms with Crippen molar-refractivity contribution in [1.82, 2.24) is 15.0 Å². The van der Waals surface area contributed by atoms with E-state index in [1.165, 1.54) is 38.8 Å². The lowest BCUT2D eigenvalue weighted by Gasteiger charge is -2.25. The molecule has 0 amide bonds. The van der Waals surface area contributed by atoms with Crippen LogP contribution < -0.4 is 0 Å². The summed E-state index contributed by atoms with van der Waals surface area (Å²) < 4.78 is 0. The van der Waals surface area contributed by atoms with Gasteiger partial charge in [0.2, 0.25) is 0 Å². The van der Waals surface area contributed by atoms with Gasteiger partial charge in [-0.1, -0.05) is 147 Å². The van der Waals surface area contributed by atoms with Crippen LogP contribution in [0.15, 0.2) is 140 Å². The number of hydrogen-bond acceptors (Lipinski definition) is 3. The Labute approximate surface area is 251 Å². The van der Waals surface area contributed by atoms with Gasteiger partial charge in [0.25, 0.3) is 0 Å². The average molecular weight is 552 g/mol. The Balaban J connectivity index is 1.50. The summed E-state index contributed by atoms with van der Waals surface area (Å²) in [6, 6.07) is 48.8. The molecular formula is C40H29N3. The van der Waals surface area contributed by atoms with Crippen LogP contribution in [0.4, 0.5) is 0 Å².